The molecule has 1 heterocycles. The molecule has 0 atom stereocenters. The Morgan fingerprint density at radius 3 is 2.75 bits per heavy atom. The molecule has 78 valence electrons. The van der Waals surface area contributed by atoms with Gasteiger partial charge in [0.1, 0.15) is 17.4 Å². The monoisotopic (exact) mass is 230 g/mol. The van der Waals surface area contributed by atoms with Crippen molar-refractivity contribution in [3.05, 3.63) is 53.2 Å². The Kier molecular flexibility index (Phi) is 3.04. The number of para-hydroxylation sites is 1. The lowest BCUT2D eigenvalue weighted by molar-refractivity contribution is 0.461. The van der Waals surface area contributed by atoms with E-state index in [0.717, 1.165) is 0 Å². The predicted octanol–water partition coefficient (Wildman–Crippen LogP) is 3.40. The third-order valence-corrected chi connectivity index (χ3v) is 2.25. The van der Waals surface area contributed by atoms with Crippen molar-refractivity contribution in [2.75, 3.05) is 0 Å². The third-order valence-electron chi connectivity index (χ3n) is 1.93. The zero-order chi connectivity index (χ0) is 11.4. The van der Waals surface area contributed by atoms with Crippen LogP contribution in [0.1, 0.15) is 5.56 Å². The fourth-order valence-electron chi connectivity index (χ4n) is 1.19. The molecule has 0 saturated heterocycles. The molecule has 2 rings (SSSR count). The molecular formula is C12H7ClN2O. The number of hydrogen-bond donors (Lipinski definition) is 0. The van der Waals surface area contributed by atoms with Gasteiger partial charge in [-0.2, -0.15) is 5.26 Å². The zero-order valence-electron chi connectivity index (χ0n) is 8.22. The van der Waals surface area contributed by atoms with Gasteiger partial charge in [0.25, 0.3) is 0 Å². The molecule has 0 radical (unpaired) electrons. The lowest BCUT2D eigenvalue weighted by atomic mass is 10.3. The number of nitriles is 1. The van der Waals surface area contributed by atoms with Crippen LogP contribution in [0.5, 0.6) is 11.6 Å². The second-order valence-corrected chi connectivity index (χ2v) is 3.41. The molecule has 0 fully saturated rings. The van der Waals surface area contributed by atoms with Crippen LogP contribution in [0.25, 0.3) is 0 Å². The molecule has 1 aromatic carbocycles. The molecule has 0 unspecified atom stereocenters. The minimum Gasteiger partial charge on any atom is -0.436 e. The number of pyridine rings is 1. The van der Waals surface area contributed by atoms with Crippen LogP contribution in [0.15, 0.2) is 42.6 Å². The van der Waals surface area contributed by atoms with E-state index in [1.54, 1.807) is 42.6 Å². The molecule has 4 heteroatoms. The van der Waals surface area contributed by atoms with Gasteiger partial charge in [-0.3, -0.25) is 0 Å². The molecule has 0 bridgehead atoms. The molecule has 0 saturated carbocycles. The molecule has 0 aliphatic heterocycles. The first kappa shape index (κ1) is 10.5. The highest BCUT2D eigenvalue weighted by atomic mass is 35.5. The highest BCUT2D eigenvalue weighted by Crippen LogP contribution is 2.28. The molecular weight excluding hydrogens is 224 g/mol. The van der Waals surface area contributed by atoms with E-state index >= 15 is 0 Å². The number of benzene rings is 1. The van der Waals surface area contributed by atoms with Crippen LogP contribution in [0, 0.1) is 11.3 Å². The van der Waals surface area contributed by atoms with Crippen molar-refractivity contribution in [2.45, 2.75) is 0 Å². The van der Waals surface area contributed by atoms with Gasteiger partial charge in [-0.1, -0.05) is 23.7 Å². The summed E-state index contributed by atoms with van der Waals surface area (Å²) in [5, 5.41) is 9.35. The topological polar surface area (TPSA) is 45.9 Å². The van der Waals surface area contributed by atoms with Crippen LogP contribution in [0.4, 0.5) is 0 Å². The van der Waals surface area contributed by atoms with Crippen LogP contribution in [-0.4, -0.2) is 4.98 Å². The minimum atomic E-state index is 0.262. The Labute approximate surface area is 97.9 Å². The van der Waals surface area contributed by atoms with E-state index in [0.29, 0.717) is 16.3 Å². The van der Waals surface area contributed by atoms with Crippen LogP contribution >= 0.6 is 11.6 Å². The maximum Gasteiger partial charge on any atom is 0.237 e. The van der Waals surface area contributed by atoms with E-state index in [1.807, 2.05) is 6.07 Å². The van der Waals surface area contributed by atoms with E-state index in [-0.39, 0.29) is 5.88 Å². The summed E-state index contributed by atoms with van der Waals surface area (Å²) in [4.78, 5) is 3.98. The van der Waals surface area contributed by atoms with Crippen LogP contribution in [-0.2, 0) is 0 Å². The predicted molar refractivity (Wildman–Crippen MR) is 60.5 cm³/mol. The fourth-order valence-corrected chi connectivity index (χ4v) is 1.36. The van der Waals surface area contributed by atoms with Crippen LogP contribution in [0.2, 0.25) is 5.02 Å². The van der Waals surface area contributed by atoms with Crippen molar-refractivity contribution >= 4 is 11.6 Å². The molecule has 0 aliphatic rings. The number of rotatable bonds is 2. The van der Waals surface area contributed by atoms with Crippen molar-refractivity contribution < 1.29 is 4.74 Å². The molecule has 0 spiro atoms. The van der Waals surface area contributed by atoms with Crippen molar-refractivity contribution in [2.24, 2.45) is 0 Å². The summed E-state index contributed by atoms with van der Waals surface area (Å²) in [6, 6.07) is 12.4. The summed E-state index contributed by atoms with van der Waals surface area (Å²) < 4.78 is 5.47. The Morgan fingerprint density at radius 1 is 1.19 bits per heavy atom. The van der Waals surface area contributed by atoms with E-state index in [4.69, 9.17) is 21.6 Å². The average molecular weight is 231 g/mol. The first-order valence-corrected chi connectivity index (χ1v) is 4.96. The summed E-state index contributed by atoms with van der Waals surface area (Å²) >= 11 is 5.93. The van der Waals surface area contributed by atoms with Gasteiger partial charge >= 0.3 is 0 Å². The highest BCUT2D eigenvalue weighted by Gasteiger charge is 2.07. The number of hydrogen-bond acceptors (Lipinski definition) is 3. The quantitative estimate of drug-likeness (QED) is 0.794. The second-order valence-electron chi connectivity index (χ2n) is 3.00. The van der Waals surface area contributed by atoms with Gasteiger partial charge in [0.2, 0.25) is 5.88 Å². The summed E-state index contributed by atoms with van der Waals surface area (Å²) in [7, 11) is 0. The summed E-state index contributed by atoms with van der Waals surface area (Å²) in [5.41, 5.74) is 0.377. The average Bonchev–Trinajstić information content (AvgIpc) is 2.33. The van der Waals surface area contributed by atoms with Gasteiger partial charge in [-0.05, 0) is 24.3 Å². The van der Waals surface area contributed by atoms with E-state index in [9.17, 15) is 0 Å². The molecule has 0 amide bonds. The van der Waals surface area contributed by atoms with E-state index < -0.39 is 0 Å². The van der Waals surface area contributed by atoms with Crippen molar-refractivity contribution in [1.82, 2.24) is 4.98 Å². The number of ether oxygens (including phenoxy) is 1. The Hall–Kier alpha value is -2.05. The largest absolute Gasteiger partial charge is 0.436 e. The normalized spacial score (nSPS) is 9.50. The van der Waals surface area contributed by atoms with Crippen molar-refractivity contribution in [3.8, 4) is 17.7 Å². The van der Waals surface area contributed by atoms with Gasteiger partial charge < -0.3 is 4.74 Å². The lowest BCUT2D eigenvalue weighted by Crippen LogP contribution is -1.91. The summed E-state index contributed by atoms with van der Waals surface area (Å²) in [5.74, 6) is 0.748. The molecule has 3 nitrogen and oxygen atoms in total. The number of nitrogens with zero attached hydrogens (tertiary/aromatic N) is 2. The minimum absolute atomic E-state index is 0.262. The SMILES string of the molecule is N#Cc1cccnc1Oc1ccccc1Cl. The zero-order valence-corrected chi connectivity index (χ0v) is 8.98. The molecule has 16 heavy (non-hydrogen) atoms. The lowest BCUT2D eigenvalue weighted by Gasteiger charge is -2.06. The maximum atomic E-state index is 8.86. The Balaban J connectivity index is 2.35. The smallest absolute Gasteiger partial charge is 0.237 e. The fraction of sp³-hybridized carbons (Fsp3) is 0. The van der Waals surface area contributed by atoms with Gasteiger partial charge in [-0.15, -0.1) is 0 Å². The molecule has 0 N–H and O–H groups in total. The maximum absolute atomic E-state index is 8.86. The van der Waals surface area contributed by atoms with Crippen molar-refractivity contribution in [1.29, 1.82) is 5.26 Å². The highest BCUT2D eigenvalue weighted by molar-refractivity contribution is 6.32. The summed E-state index contributed by atoms with van der Waals surface area (Å²) in [6.07, 6.45) is 1.56. The third kappa shape index (κ3) is 2.13. The van der Waals surface area contributed by atoms with Crippen LogP contribution in [0.3, 0.4) is 0 Å². The van der Waals surface area contributed by atoms with Gasteiger partial charge in [0, 0.05) is 6.20 Å². The van der Waals surface area contributed by atoms with E-state index in [1.165, 1.54) is 0 Å². The molecule has 2 aromatic rings. The van der Waals surface area contributed by atoms with Gasteiger partial charge in [-0.25, -0.2) is 4.98 Å². The van der Waals surface area contributed by atoms with Crippen molar-refractivity contribution in [3.63, 3.8) is 0 Å². The molecule has 1 aromatic heterocycles. The van der Waals surface area contributed by atoms with Gasteiger partial charge in [0.05, 0.1) is 5.02 Å². The van der Waals surface area contributed by atoms with Gasteiger partial charge in [0.15, 0.2) is 0 Å². The second kappa shape index (κ2) is 4.65. The first-order chi connectivity index (χ1) is 7.81. The number of halogens is 1. The van der Waals surface area contributed by atoms with E-state index in [2.05, 4.69) is 4.98 Å². The Bertz CT molecular complexity index is 549. The Morgan fingerprint density at radius 2 is 2.00 bits per heavy atom. The molecule has 0 aliphatic carbocycles. The number of aromatic nitrogens is 1. The first-order valence-electron chi connectivity index (χ1n) is 4.59. The standard InChI is InChI=1S/C12H7ClN2O/c13-10-5-1-2-6-11(10)16-12-9(8-14)4-3-7-15-12/h1-7H. The van der Waals surface area contributed by atoms with Crippen LogP contribution < -0.4 is 4.74 Å². The summed E-state index contributed by atoms with van der Waals surface area (Å²) in [6.45, 7) is 0.